The lowest BCUT2D eigenvalue weighted by molar-refractivity contribution is 0.427. The average Bonchev–Trinajstić information content (AvgIpc) is 1.99. The topological polar surface area (TPSA) is 3.24 Å². The van der Waals surface area contributed by atoms with E-state index in [9.17, 15) is 0 Å². The zero-order chi connectivity index (χ0) is 6.69. The molecule has 0 bridgehead atoms. The van der Waals surface area contributed by atoms with Crippen LogP contribution < -0.4 is 0 Å². The molecule has 0 aromatic rings. The molecule has 1 nitrogen and oxygen atoms in total. The molecular weight excluding hydrogens is 130 g/mol. The van der Waals surface area contributed by atoms with Crippen molar-refractivity contribution in [2.24, 2.45) is 0 Å². The Morgan fingerprint density at radius 1 is 1.67 bits per heavy atom. The van der Waals surface area contributed by atoms with Gasteiger partial charge in [0.1, 0.15) is 0 Å². The summed E-state index contributed by atoms with van der Waals surface area (Å²) in [7, 11) is 2.12. The van der Waals surface area contributed by atoms with Crippen LogP contribution in [0.5, 0.6) is 0 Å². The van der Waals surface area contributed by atoms with Gasteiger partial charge in [-0.05, 0) is 12.2 Å². The molecule has 0 amide bonds. The number of nitrogens with zero attached hydrogens (tertiary/aromatic N) is 1. The minimum atomic E-state index is 1.12. The second kappa shape index (κ2) is 3.16. The van der Waals surface area contributed by atoms with Gasteiger partial charge in [-0.25, -0.2) is 0 Å². The minimum absolute atomic E-state index is 1.12. The van der Waals surface area contributed by atoms with Crippen molar-refractivity contribution in [3.8, 4) is 0 Å². The van der Waals surface area contributed by atoms with Crippen LogP contribution in [0.3, 0.4) is 0 Å². The average molecular weight is 143 g/mol. The highest BCUT2D eigenvalue weighted by molar-refractivity contribution is 7.99. The zero-order valence-electron chi connectivity index (χ0n) is 5.89. The molecule has 1 saturated heterocycles. The highest BCUT2D eigenvalue weighted by atomic mass is 32.2. The monoisotopic (exact) mass is 143 g/mol. The zero-order valence-corrected chi connectivity index (χ0v) is 6.71. The maximum Gasteiger partial charge on any atom is 0.0328 e. The summed E-state index contributed by atoms with van der Waals surface area (Å²) in [6.45, 7) is 5.15. The van der Waals surface area contributed by atoms with Gasteiger partial charge >= 0.3 is 0 Å². The Labute approximate surface area is 61.1 Å². The van der Waals surface area contributed by atoms with Crippen molar-refractivity contribution in [2.75, 3.05) is 25.1 Å². The van der Waals surface area contributed by atoms with Crippen molar-refractivity contribution in [2.45, 2.75) is 6.42 Å². The van der Waals surface area contributed by atoms with E-state index in [-0.39, 0.29) is 0 Å². The minimum Gasteiger partial charge on any atom is -0.378 e. The number of hydrogen-bond acceptors (Lipinski definition) is 2. The first kappa shape index (κ1) is 7.00. The molecule has 1 fully saturated rings. The van der Waals surface area contributed by atoms with Gasteiger partial charge in [0.2, 0.25) is 0 Å². The van der Waals surface area contributed by atoms with Crippen LogP contribution in [0.2, 0.25) is 0 Å². The molecule has 0 aromatic carbocycles. The third kappa shape index (κ3) is 1.94. The lowest BCUT2D eigenvalue weighted by atomic mass is 10.4. The Balaban J connectivity index is 2.41. The van der Waals surface area contributed by atoms with E-state index in [1.807, 2.05) is 11.8 Å². The SMILES string of the molecule is C=C1CSCCCN1C. The van der Waals surface area contributed by atoms with Crippen LogP contribution in [-0.2, 0) is 0 Å². The van der Waals surface area contributed by atoms with Gasteiger partial charge in [0.05, 0.1) is 0 Å². The molecule has 1 heterocycles. The van der Waals surface area contributed by atoms with Gasteiger partial charge < -0.3 is 4.90 Å². The lowest BCUT2D eigenvalue weighted by Gasteiger charge is -2.16. The first-order valence-electron chi connectivity index (χ1n) is 3.27. The normalized spacial score (nSPS) is 21.9. The van der Waals surface area contributed by atoms with Gasteiger partial charge in [-0.1, -0.05) is 6.58 Å². The molecule has 0 N–H and O–H groups in total. The van der Waals surface area contributed by atoms with Crippen LogP contribution in [-0.4, -0.2) is 30.0 Å². The Bertz CT molecular complexity index is 111. The molecule has 0 unspecified atom stereocenters. The van der Waals surface area contributed by atoms with Crippen molar-refractivity contribution in [1.82, 2.24) is 4.90 Å². The first-order chi connectivity index (χ1) is 4.30. The second-order valence-electron chi connectivity index (χ2n) is 2.39. The molecule has 0 aromatic heterocycles. The summed E-state index contributed by atoms with van der Waals surface area (Å²) in [6.07, 6.45) is 1.31. The number of hydrogen-bond donors (Lipinski definition) is 0. The molecule has 0 spiro atoms. The van der Waals surface area contributed by atoms with Crippen LogP contribution in [0.15, 0.2) is 12.3 Å². The molecular formula is C7H13NS. The summed E-state index contributed by atoms with van der Waals surface area (Å²) < 4.78 is 0. The molecule has 9 heavy (non-hydrogen) atoms. The molecule has 0 atom stereocenters. The Morgan fingerprint density at radius 2 is 2.44 bits per heavy atom. The largest absolute Gasteiger partial charge is 0.378 e. The van der Waals surface area contributed by atoms with E-state index < -0.39 is 0 Å². The smallest absolute Gasteiger partial charge is 0.0328 e. The van der Waals surface area contributed by atoms with Crippen molar-refractivity contribution in [3.63, 3.8) is 0 Å². The van der Waals surface area contributed by atoms with E-state index in [4.69, 9.17) is 0 Å². The van der Waals surface area contributed by atoms with Crippen LogP contribution in [0.25, 0.3) is 0 Å². The fourth-order valence-electron chi connectivity index (χ4n) is 0.862. The summed E-state index contributed by atoms with van der Waals surface area (Å²) in [6, 6.07) is 0. The molecule has 0 saturated carbocycles. The van der Waals surface area contributed by atoms with E-state index >= 15 is 0 Å². The lowest BCUT2D eigenvalue weighted by Crippen LogP contribution is -2.17. The first-order valence-corrected chi connectivity index (χ1v) is 4.43. The van der Waals surface area contributed by atoms with Gasteiger partial charge in [0.15, 0.2) is 0 Å². The van der Waals surface area contributed by atoms with Gasteiger partial charge in [-0.3, -0.25) is 0 Å². The molecule has 0 aliphatic carbocycles. The standard InChI is InChI=1S/C7H13NS/c1-7-6-9-5-3-4-8(7)2/h1,3-6H2,2H3. The van der Waals surface area contributed by atoms with Crippen LogP contribution in [0.4, 0.5) is 0 Å². The maximum atomic E-state index is 3.96. The van der Waals surface area contributed by atoms with Crippen molar-refractivity contribution < 1.29 is 0 Å². The van der Waals surface area contributed by atoms with Gasteiger partial charge in [-0.2, -0.15) is 11.8 Å². The van der Waals surface area contributed by atoms with Crippen LogP contribution >= 0.6 is 11.8 Å². The maximum absolute atomic E-state index is 3.96. The predicted octanol–water partition coefficient (Wildman–Crippen LogP) is 1.57. The number of thioether (sulfide) groups is 1. The van der Waals surface area contributed by atoms with Crippen LogP contribution in [0, 0.1) is 0 Å². The summed E-state index contributed by atoms with van der Waals surface area (Å²) >= 11 is 1.99. The summed E-state index contributed by atoms with van der Waals surface area (Å²) in [5, 5.41) is 0. The molecule has 0 radical (unpaired) electrons. The molecule has 2 heteroatoms. The summed E-state index contributed by atoms with van der Waals surface area (Å²) in [5.41, 5.74) is 1.28. The van der Waals surface area contributed by atoms with Crippen molar-refractivity contribution in [1.29, 1.82) is 0 Å². The fourth-order valence-corrected chi connectivity index (χ4v) is 1.80. The van der Waals surface area contributed by atoms with E-state index in [1.54, 1.807) is 0 Å². The third-order valence-electron chi connectivity index (χ3n) is 1.59. The number of rotatable bonds is 0. The Kier molecular flexibility index (Phi) is 2.46. The van der Waals surface area contributed by atoms with E-state index in [0.29, 0.717) is 0 Å². The Hall–Kier alpha value is -0.110. The summed E-state index contributed by atoms with van der Waals surface area (Å²) in [5.74, 6) is 2.42. The molecule has 1 rings (SSSR count). The highest BCUT2D eigenvalue weighted by Crippen LogP contribution is 2.15. The van der Waals surface area contributed by atoms with Crippen molar-refractivity contribution in [3.05, 3.63) is 12.3 Å². The fraction of sp³-hybridized carbons (Fsp3) is 0.714. The van der Waals surface area contributed by atoms with E-state index in [2.05, 4.69) is 18.5 Å². The van der Waals surface area contributed by atoms with E-state index in [0.717, 1.165) is 5.75 Å². The summed E-state index contributed by atoms with van der Waals surface area (Å²) in [4.78, 5) is 2.25. The molecule has 1 aliphatic heterocycles. The Morgan fingerprint density at radius 3 is 3.22 bits per heavy atom. The highest BCUT2D eigenvalue weighted by Gasteiger charge is 2.05. The van der Waals surface area contributed by atoms with Gasteiger partial charge in [-0.15, -0.1) is 0 Å². The molecule has 52 valence electrons. The van der Waals surface area contributed by atoms with Crippen molar-refractivity contribution >= 4 is 11.8 Å². The molecule has 1 aliphatic rings. The van der Waals surface area contributed by atoms with Gasteiger partial charge in [0.25, 0.3) is 0 Å². The third-order valence-corrected chi connectivity index (χ3v) is 2.71. The predicted molar refractivity (Wildman–Crippen MR) is 43.7 cm³/mol. The van der Waals surface area contributed by atoms with Crippen LogP contribution in [0.1, 0.15) is 6.42 Å². The van der Waals surface area contributed by atoms with E-state index in [1.165, 1.54) is 24.4 Å². The van der Waals surface area contributed by atoms with Gasteiger partial charge in [0, 0.05) is 25.0 Å². The quantitative estimate of drug-likeness (QED) is 0.506. The second-order valence-corrected chi connectivity index (χ2v) is 3.50.